The molecule has 0 radical (unpaired) electrons. The quantitative estimate of drug-likeness (QED) is 0.185. The first-order valence-electron chi connectivity index (χ1n) is 13.5. The minimum atomic E-state index is -2.43. The average Bonchev–Trinajstić information content (AvgIpc) is 3.11. The molecule has 0 saturated heterocycles. The summed E-state index contributed by atoms with van der Waals surface area (Å²) in [5.74, 6) is 0. The summed E-state index contributed by atoms with van der Waals surface area (Å²) in [4.78, 5) is 5.33. The first-order valence-corrected chi connectivity index (χ1v) is 24.9. The maximum atomic E-state index is 7.08. The van der Waals surface area contributed by atoms with E-state index < -0.39 is 26.7 Å². The zero-order valence-electron chi connectivity index (χ0n) is 21.9. The molecule has 1 fully saturated rings. The Kier molecular flexibility index (Phi) is 11.6. The van der Waals surface area contributed by atoms with E-state index in [9.17, 15) is 0 Å². The van der Waals surface area contributed by atoms with E-state index in [0.717, 1.165) is 0 Å². The third-order valence-electron chi connectivity index (χ3n) is 7.46. The van der Waals surface area contributed by atoms with Crippen molar-refractivity contribution in [2.45, 2.75) is 143 Å². The van der Waals surface area contributed by atoms with Crippen LogP contribution in [-0.2, 0) is 10.0 Å². The summed E-state index contributed by atoms with van der Waals surface area (Å²) in [7, 11) is -1.65. The van der Waals surface area contributed by atoms with E-state index in [4.69, 9.17) is 9.41 Å². The molecule has 0 aromatic carbocycles. The van der Waals surface area contributed by atoms with Gasteiger partial charge in [-0.25, -0.2) is 0 Å². The van der Waals surface area contributed by atoms with Crippen molar-refractivity contribution < 1.29 is 4.43 Å². The Balaban J connectivity index is 2.38. The number of nitrogens with zero attached hydrogens (tertiary/aromatic N) is 1. The Labute approximate surface area is 203 Å². The predicted octanol–water partition coefficient (Wildman–Crippen LogP) is 8.91. The molecule has 1 aromatic rings. The van der Waals surface area contributed by atoms with Gasteiger partial charge in [-0.3, -0.25) is 0 Å². The number of hydrogen-bond donors (Lipinski definition) is 0. The number of aromatic nitrogens is 1. The van der Waals surface area contributed by atoms with Crippen molar-refractivity contribution in [3.63, 3.8) is 0 Å². The van der Waals surface area contributed by atoms with Crippen LogP contribution in [0.3, 0.4) is 0 Å². The minimum absolute atomic E-state index is 0.0327. The van der Waals surface area contributed by atoms with Gasteiger partial charge in [0.2, 0.25) is 0 Å². The first kappa shape index (κ1) is 27.8. The van der Waals surface area contributed by atoms with Crippen LogP contribution in [0.5, 0.6) is 0 Å². The van der Waals surface area contributed by atoms with Crippen molar-refractivity contribution in [3.8, 4) is 0 Å². The molecule has 1 aliphatic rings. The molecule has 0 aliphatic heterocycles. The molecule has 0 N–H and O–H groups in total. The standard InChI is InChI=1S/C14H24NOSSi.3C4H9.Sn/c1-5-6-10-18(3,4)16-14(8-7-9-14)13-15-12(2)11-17-13;3*1-3-4-2;/h5-10H2,1-4H3;3*1,3-4H2,2H3;. The van der Waals surface area contributed by atoms with Crippen LogP contribution >= 0.6 is 11.3 Å². The Hall–Kier alpha value is 0.606. The van der Waals surface area contributed by atoms with Crippen molar-refractivity contribution in [2.24, 2.45) is 0 Å². The van der Waals surface area contributed by atoms with Crippen molar-refractivity contribution in [1.82, 2.24) is 4.98 Å². The molecule has 1 aromatic heterocycles. The zero-order valence-corrected chi connectivity index (χ0v) is 26.5. The molecule has 2 nitrogen and oxygen atoms in total. The van der Waals surface area contributed by atoms with Gasteiger partial charge in [0.25, 0.3) is 0 Å². The second-order valence-electron chi connectivity index (χ2n) is 10.8. The molecule has 0 amide bonds. The number of thiazole rings is 1. The number of aryl methyl sites for hydroxylation is 1. The molecule has 31 heavy (non-hydrogen) atoms. The van der Waals surface area contributed by atoms with Crippen molar-refractivity contribution in [1.29, 1.82) is 0 Å². The van der Waals surface area contributed by atoms with Crippen LogP contribution in [0.25, 0.3) is 0 Å². The van der Waals surface area contributed by atoms with Crippen molar-refractivity contribution in [3.05, 3.63) is 10.7 Å². The summed E-state index contributed by atoms with van der Waals surface area (Å²) in [6.07, 6.45) is 14.6. The van der Waals surface area contributed by atoms with Crippen LogP contribution < -0.4 is 2.89 Å². The Morgan fingerprint density at radius 3 is 1.84 bits per heavy atom. The van der Waals surface area contributed by atoms with Crippen LogP contribution in [0.1, 0.15) is 109 Å². The molecule has 180 valence electrons. The molecule has 0 spiro atoms. The van der Waals surface area contributed by atoms with E-state index in [1.807, 2.05) is 2.89 Å². The van der Waals surface area contributed by atoms with Gasteiger partial charge in [0.1, 0.15) is 0 Å². The van der Waals surface area contributed by atoms with E-state index in [1.165, 1.54) is 101 Å². The van der Waals surface area contributed by atoms with Crippen LogP contribution in [0.15, 0.2) is 0 Å². The number of hydrogen-bond acceptors (Lipinski definition) is 3. The van der Waals surface area contributed by atoms with Gasteiger partial charge in [-0.1, -0.05) is 0 Å². The molecule has 1 heterocycles. The van der Waals surface area contributed by atoms with E-state index in [1.54, 1.807) is 0 Å². The van der Waals surface area contributed by atoms with E-state index in [0.29, 0.717) is 0 Å². The van der Waals surface area contributed by atoms with Gasteiger partial charge in [-0.05, 0) is 0 Å². The molecule has 1 aliphatic carbocycles. The van der Waals surface area contributed by atoms with Gasteiger partial charge in [0.05, 0.1) is 0 Å². The fourth-order valence-corrected chi connectivity index (χ4v) is 29.3. The summed E-state index contributed by atoms with van der Waals surface area (Å²) in [5, 5.41) is 1.37. The second kappa shape index (κ2) is 12.9. The van der Waals surface area contributed by atoms with Gasteiger partial charge in [-0.2, -0.15) is 0 Å². The third-order valence-corrected chi connectivity index (χ3v) is 29.9. The van der Waals surface area contributed by atoms with E-state index in [-0.39, 0.29) is 5.60 Å². The first-order chi connectivity index (χ1) is 14.8. The van der Waals surface area contributed by atoms with Gasteiger partial charge >= 0.3 is 204 Å². The van der Waals surface area contributed by atoms with Crippen LogP contribution in [-0.4, -0.2) is 31.7 Å². The van der Waals surface area contributed by atoms with Crippen molar-refractivity contribution >= 4 is 40.9 Å². The normalized spacial score (nSPS) is 16.5. The van der Waals surface area contributed by atoms with Crippen LogP contribution in [0, 0.1) is 6.92 Å². The Bertz CT molecular complexity index is 634. The SMILES string of the molecule is CCCC[Si](C)(C)OC1(c2nc(C)[c]([Sn]([CH2]CCC)([CH2]CCC)[CH2]CCC)s2)CCC1. The van der Waals surface area contributed by atoms with Crippen LogP contribution in [0.2, 0.25) is 32.4 Å². The fourth-order valence-electron chi connectivity index (χ4n) is 5.38. The summed E-state index contributed by atoms with van der Waals surface area (Å²) >= 11 is -0.285. The fraction of sp³-hybridized carbons (Fsp3) is 0.885. The number of unbranched alkanes of at least 4 members (excludes halogenated alkanes) is 4. The van der Waals surface area contributed by atoms with Crippen molar-refractivity contribution in [2.75, 3.05) is 0 Å². The second-order valence-corrected chi connectivity index (χ2v) is 30.1. The van der Waals surface area contributed by atoms with Gasteiger partial charge in [-0.15, -0.1) is 0 Å². The molecule has 0 bridgehead atoms. The number of rotatable bonds is 16. The molecule has 0 unspecified atom stereocenters. The summed E-state index contributed by atoms with van der Waals surface area (Å²) in [6, 6.07) is 1.29. The Morgan fingerprint density at radius 1 is 0.903 bits per heavy atom. The molecule has 0 atom stereocenters. The summed E-state index contributed by atoms with van der Waals surface area (Å²) < 4.78 is 13.5. The topological polar surface area (TPSA) is 22.1 Å². The van der Waals surface area contributed by atoms with Gasteiger partial charge in [0, 0.05) is 0 Å². The maximum absolute atomic E-state index is 7.08. The Morgan fingerprint density at radius 2 is 1.42 bits per heavy atom. The average molecular weight is 573 g/mol. The zero-order chi connectivity index (χ0) is 23.0. The van der Waals surface area contributed by atoms with E-state index >= 15 is 0 Å². The molecular formula is C26H51NOSSiSn. The van der Waals surface area contributed by atoms with E-state index in [2.05, 4.69) is 59.0 Å². The van der Waals surface area contributed by atoms with Crippen LogP contribution in [0.4, 0.5) is 0 Å². The van der Waals surface area contributed by atoms with Gasteiger partial charge < -0.3 is 0 Å². The third kappa shape index (κ3) is 7.29. The molecule has 2 rings (SSSR count). The summed E-state index contributed by atoms with van der Waals surface area (Å²) in [6.45, 7) is 16.7. The molecule has 5 heteroatoms. The van der Waals surface area contributed by atoms with Gasteiger partial charge in [0.15, 0.2) is 0 Å². The predicted molar refractivity (Wildman–Crippen MR) is 145 cm³/mol. The monoisotopic (exact) mass is 573 g/mol. The molecular weight excluding hydrogens is 521 g/mol. The summed E-state index contributed by atoms with van der Waals surface area (Å²) in [5.41, 5.74) is 1.37. The molecule has 1 saturated carbocycles.